The normalized spacial score (nSPS) is 10.9. The van der Waals surface area contributed by atoms with Gasteiger partial charge in [0.15, 0.2) is 0 Å². The van der Waals surface area contributed by atoms with Crippen LogP contribution in [-0.4, -0.2) is 43.2 Å². The Morgan fingerprint density at radius 2 is 1.86 bits per heavy atom. The number of aromatic nitrogens is 6. The smallest absolute Gasteiger partial charge is 0.224 e. The molecule has 114 valence electrons. The Kier molecular flexibility index (Phi) is 3.86. The molecule has 0 spiro atoms. The summed E-state index contributed by atoms with van der Waals surface area (Å²) < 4.78 is 4.11. The lowest BCUT2D eigenvalue weighted by molar-refractivity contribution is 0.754. The van der Waals surface area contributed by atoms with Crippen LogP contribution in [0.2, 0.25) is 0 Å². The lowest BCUT2D eigenvalue weighted by Crippen LogP contribution is -2.12. The zero-order valence-electron chi connectivity index (χ0n) is 13.0. The summed E-state index contributed by atoms with van der Waals surface area (Å²) in [6, 6.07) is 0. The second-order valence-electron chi connectivity index (χ2n) is 5.24. The minimum absolute atomic E-state index is 0.678. The van der Waals surface area contributed by atoms with E-state index in [1.54, 1.807) is 18.6 Å². The molecule has 3 heterocycles. The molecule has 0 saturated carbocycles. The van der Waals surface area contributed by atoms with Gasteiger partial charge in [-0.2, -0.15) is 0 Å². The van der Waals surface area contributed by atoms with Crippen molar-refractivity contribution in [2.24, 2.45) is 0 Å². The van der Waals surface area contributed by atoms with Crippen molar-refractivity contribution in [1.29, 1.82) is 0 Å². The minimum atomic E-state index is 0.678. The predicted octanol–water partition coefficient (Wildman–Crippen LogP) is 1.67. The lowest BCUT2D eigenvalue weighted by Gasteiger charge is -2.10. The molecule has 0 N–H and O–H groups in total. The number of hydrogen-bond donors (Lipinski definition) is 0. The molecule has 0 aliphatic carbocycles. The maximum absolute atomic E-state index is 4.42. The van der Waals surface area contributed by atoms with Crippen molar-refractivity contribution >= 4 is 5.95 Å². The van der Waals surface area contributed by atoms with Gasteiger partial charge in [0.2, 0.25) is 5.95 Å². The van der Waals surface area contributed by atoms with Crippen molar-refractivity contribution in [2.45, 2.75) is 20.0 Å². The van der Waals surface area contributed by atoms with Crippen LogP contribution in [0.3, 0.4) is 0 Å². The molecular formula is C15H19N7. The third-order valence-electron chi connectivity index (χ3n) is 3.40. The van der Waals surface area contributed by atoms with E-state index in [0.717, 1.165) is 23.6 Å². The van der Waals surface area contributed by atoms with E-state index in [2.05, 4.69) is 42.2 Å². The SMILES string of the molecule is CCn1cnc(Cn2ccnc2-c2cnc(N(C)C)nc2)c1. The molecule has 0 atom stereocenters. The number of anilines is 1. The van der Waals surface area contributed by atoms with Crippen LogP contribution < -0.4 is 4.90 Å². The van der Waals surface area contributed by atoms with E-state index in [0.29, 0.717) is 12.5 Å². The highest BCUT2D eigenvalue weighted by atomic mass is 15.2. The second kappa shape index (κ2) is 5.97. The summed E-state index contributed by atoms with van der Waals surface area (Å²) in [7, 11) is 3.83. The Hall–Kier alpha value is -2.70. The summed E-state index contributed by atoms with van der Waals surface area (Å²) in [4.78, 5) is 19.4. The molecular weight excluding hydrogens is 278 g/mol. The molecule has 0 radical (unpaired) electrons. The van der Waals surface area contributed by atoms with Crippen molar-refractivity contribution in [3.63, 3.8) is 0 Å². The Morgan fingerprint density at radius 3 is 2.50 bits per heavy atom. The van der Waals surface area contributed by atoms with Crippen LogP contribution in [-0.2, 0) is 13.1 Å². The summed E-state index contributed by atoms with van der Waals surface area (Å²) in [5.41, 5.74) is 1.90. The molecule has 0 amide bonds. The van der Waals surface area contributed by atoms with Gasteiger partial charge in [0, 0.05) is 51.6 Å². The van der Waals surface area contributed by atoms with Crippen LogP contribution in [0.4, 0.5) is 5.95 Å². The van der Waals surface area contributed by atoms with Gasteiger partial charge in [0.25, 0.3) is 0 Å². The Morgan fingerprint density at radius 1 is 1.09 bits per heavy atom. The number of hydrogen-bond acceptors (Lipinski definition) is 5. The van der Waals surface area contributed by atoms with E-state index in [9.17, 15) is 0 Å². The highest BCUT2D eigenvalue weighted by molar-refractivity contribution is 5.54. The molecule has 7 heteroatoms. The standard InChI is InChI=1S/C15H19N7/c1-4-21-9-13(19-11-21)10-22-6-5-16-14(22)12-7-17-15(18-8-12)20(2)3/h5-9,11H,4,10H2,1-3H3. The number of rotatable bonds is 5. The van der Waals surface area contributed by atoms with E-state index < -0.39 is 0 Å². The minimum Gasteiger partial charge on any atom is -0.347 e. The number of aryl methyl sites for hydroxylation is 1. The lowest BCUT2D eigenvalue weighted by atomic mass is 10.3. The van der Waals surface area contributed by atoms with Gasteiger partial charge in [0.05, 0.1) is 24.1 Å². The third-order valence-corrected chi connectivity index (χ3v) is 3.40. The molecule has 0 saturated heterocycles. The Bertz CT molecular complexity index is 739. The van der Waals surface area contributed by atoms with Gasteiger partial charge in [-0.25, -0.2) is 19.9 Å². The molecule has 7 nitrogen and oxygen atoms in total. The van der Waals surface area contributed by atoms with Crippen molar-refractivity contribution < 1.29 is 0 Å². The van der Waals surface area contributed by atoms with Crippen LogP contribution in [0.1, 0.15) is 12.6 Å². The molecule has 0 fully saturated rings. The maximum Gasteiger partial charge on any atom is 0.224 e. The zero-order chi connectivity index (χ0) is 15.5. The van der Waals surface area contributed by atoms with E-state index in [4.69, 9.17) is 0 Å². The molecule has 0 aliphatic rings. The zero-order valence-corrected chi connectivity index (χ0v) is 13.0. The summed E-state index contributed by atoms with van der Waals surface area (Å²) in [6.07, 6.45) is 11.2. The summed E-state index contributed by atoms with van der Waals surface area (Å²) in [6.45, 7) is 3.69. The predicted molar refractivity (Wildman–Crippen MR) is 84.6 cm³/mol. The molecule has 0 aromatic carbocycles. The first-order valence-electron chi connectivity index (χ1n) is 7.19. The van der Waals surface area contributed by atoms with Crippen molar-refractivity contribution in [3.8, 4) is 11.4 Å². The maximum atomic E-state index is 4.42. The van der Waals surface area contributed by atoms with Gasteiger partial charge in [-0.1, -0.05) is 0 Å². The van der Waals surface area contributed by atoms with Crippen LogP contribution in [0.5, 0.6) is 0 Å². The first-order valence-corrected chi connectivity index (χ1v) is 7.19. The highest BCUT2D eigenvalue weighted by Crippen LogP contribution is 2.17. The number of nitrogens with zero attached hydrogens (tertiary/aromatic N) is 7. The van der Waals surface area contributed by atoms with E-state index in [-0.39, 0.29) is 0 Å². The molecule has 0 bridgehead atoms. The average molecular weight is 297 g/mol. The van der Waals surface area contributed by atoms with Crippen LogP contribution in [0.25, 0.3) is 11.4 Å². The Labute approximate surface area is 129 Å². The van der Waals surface area contributed by atoms with Gasteiger partial charge in [-0.15, -0.1) is 0 Å². The fourth-order valence-electron chi connectivity index (χ4n) is 2.20. The quantitative estimate of drug-likeness (QED) is 0.717. The van der Waals surface area contributed by atoms with Crippen molar-refractivity contribution in [3.05, 3.63) is 43.0 Å². The highest BCUT2D eigenvalue weighted by Gasteiger charge is 2.09. The average Bonchev–Trinajstić information content (AvgIpc) is 3.17. The molecule has 0 unspecified atom stereocenters. The fraction of sp³-hybridized carbons (Fsp3) is 0.333. The van der Waals surface area contributed by atoms with Crippen LogP contribution in [0, 0.1) is 0 Å². The van der Waals surface area contributed by atoms with E-state index in [1.807, 2.05) is 31.5 Å². The van der Waals surface area contributed by atoms with E-state index >= 15 is 0 Å². The first kappa shape index (κ1) is 14.2. The molecule has 3 rings (SSSR count). The van der Waals surface area contributed by atoms with Crippen molar-refractivity contribution in [1.82, 2.24) is 29.1 Å². The van der Waals surface area contributed by atoms with Gasteiger partial charge >= 0.3 is 0 Å². The first-order chi connectivity index (χ1) is 10.7. The topological polar surface area (TPSA) is 64.7 Å². The van der Waals surface area contributed by atoms with Gasteiger partial charge in [-0.3, -0.25) is 0 Å². The van der Waals surface area contributed by atoms with Gasteiger partial charge in [-0.05, 0) is 6.92 Å². The summed E-state index contributed by atoms with van der Waals surface area (Å²) >= 11 is 0. The largest absolute Gasteiger partial charge is 0.347 e. The van der Waals surface area contributed by atoms with Gasteiger partial charge in [0.1, 0.15) is 5.82 Å². The molecule has 3 aromatic rings. The fourth-order valence-corrected chi connectivity index (χ4v) is 2.20. The third kappa shape index (κ3) is 2.83. The Balaban J connectivity index is 1.85. The summed E-state index contributed by atoms with van der Waals surface area (Å²) in [5.74, 6) is 1.53. The molecule has 0 aliphatic heterocycles. The van der Waals surface area contributed by atoms with Crippen LogP contribution >= 0.6 is 0 Å². The summed E-state index contributed by atoms with van der Waals surface area (Å²) in [5, 5.41) is 0. The van der Waals surface area contributed by atoms with Crippen LogP contribution in [0.15, 0.2) is 37.3 Å². The van der Waals surface area contributed by atoms with E-state index in [1.165, 1.54) is 0 Å². The molecule has 3 aromatic heterocycles. The second-order valence-corrected chi connectivity index (χ2v) is 5.24. The van der Waals surface area contributed by atoms with Crippen molar-refractivity contribution in [2.75, 3.05) is 19.0 Å². The van der Waals surface area contributed by atoms with Gasteiger partial charge < -0.3 is 14.0 Å². The number of imidazole rings is 2. The monoisotopic (exact) mass is 297 g/mol. The molecule has 22 heavy (non-hydrogen) atoms.